The lowest BCUT2D eigenvalue weighted by Gasteiger charge is -2.47. The van der Waals surface area contributed by atoms with E-state index in [1.54, 1.807) is 0 Å². The molecule has 0 aromatic carbocycles. The van der Waals surface area contributed by atoms with E-state index < -0.39 is 0 Å². The van der Waals surface area contributed by atoms with E-state index in [9.17, 15) is 4.79 Å². The van der Waals surface area contributed by atoms with Gasteiger partial charge in [0.25, 0.3) is 0 Å². The van der Waals surface area contributed by atoms with Crippen molar-refractivity contribution in [3.8, 4) is 0 Å². The minimum Gasteiger partial charge on any atom is -0.387 e. The summed E-state index contributed by atoms with van der Waals surface area (Å²) in [5.41, 5.74) is 12.1. The number of hydrogen-bond donors (Lipinski definition) is 4. The minimum absolute atomic E-state index is 0.0138. The number of nitrogens with one attached hydrogen (secondary N) is 2. The van der Waals surface area contributed by atoms with Crippen molar-refractivity contribution in [3.63, 3.8) is 0 Å². The third kappa shape index (κ3) is 5.22. The molecule has 4 aliphatic carbocycles. The quantitative estimate of drug-likeness (QED) is 0.241. The van der Waals surface area contributed by atoms with Crippen molar-refractivity contribution in [1.82, 2.24) is 10.2 Å². The maximum atomic E-state index is 13.7. The molecule has 1 aliphatic heterocycles. The van der Waals surface area contributed by atoms with E-state index in [-0.39, 0.29) is 23.9 Å². The first kappa shape index (κ1) is 25.0. The van der Waals surface area contributed by atoms with Gasteiger partial charge >= 0.3 is 0 Å². The topological polar surface area (TPSA) is 108 Å². The number of fused-ring (bicyclic) bond motifs is 2. The highest BCUT2D eigenvalue weighted by atomic mass is 79.9. The second kappa shape index (κ2) is 10.8. The van der Waals surface area contributed by atoms with Crippen LogP contribution in [-0.2, 0) is 4.79 Å². The van der Waals surface area contributed by atoms with Gasteiger partial charge in [-0.3, -0.25) is 15.1 Å². The molecule has 5 fully saturated rings. The van der Waals surface area contributed by atoms with E-state index in [4.69, 9.17) is 16.9 Å². The number of halogens is 1. The van der Waals surface area contributed by atoms with E-state index in [0.717, 1.165) is 69.7 Å². The van der Waals surface area contributed by atoms with Crippen LogP contribution < -0.4 is 16.8 Å². The standard InChI is InChI=1S/C27H46BrN5O/c28-23-12-7-18(21-3-1-2-4-22(21)23)15-33-24-14-17(26(30)31)6-5-16(24)13-25(33)27(34)32-20-10-8-19(29)9-11-20/h16-25H,1-15,29H2,(H3,30,31)(H,32,34). The lowest BCUT2D eigenvalue weighted by molar-refractivity contribution is -0.127. The van der Waals surface area contributed by atoms with E-state index in [1.807, 2.05) is 0 Å². The molecule has 8 unspecified atom stereocenters. The van der Waals surface area contributed by atoms with Crippen molar-refractivity contribution < 1.29 is 4.79 Å². The number of nitrogens with two attached hydrogens (primary N) is 2. The highest BCUT2D eigenvalue weighted by Gasteiger charge is 2.49. The van der Waals surface area contributed by atoms with Crippen molar-refractivity contribution in [2.45, 2.75) is 119 Å². The van der Waals surface area contributed by atoms with Gasteiger partial charge in [0.2, 0.25) is 5.91 Å². The summed E-state index contributed by atoms with van der Waals surface area (Å²) < 4.78 is 0. The molecule has 0 radical (unpaired) electrons. The summed E-state index contributed by atoms with van der Waals surface area (Å²) in [6.45, 7) is 1.06. The van der Waals surface area contributed by atoms with Crippen molar-refractivity contribution in [1.29, 1.82) is 5.41 Å². The van der Waals surface area contributed by atoms with Gasteiger partial charge in [0.15, 0.2) is 0 Å². The predicted octanol–water partition coefficient (Wildman–Crippen LogP) is 4.15. The molecular weight excluding hydrogens is 490 g/mol. The number of carbonyl (C=O) groups is 1. The van der Waals surface area contributed by atoms with Crippen molar-refractivity contribution in [2.75, 3.05) is 6.54 Å². The zero-order valence-electron chi connectivity index (χ0n) is 20.8. The largest absolute Gasteiger partial charge is 0.387 e. The van der Waals surface area contributed by atoms with Gasteiger partial charge in [-0.15, -0.1) is 0 Å². The Morgan fingerprint density at radius 2 is 1.68 bits per heavy atom. The maximum absolute atomic E-state index is 13.7. The third-order valence-electron chi connectivity index (χ3n) is 10.4. The van der Waals surface area contributed by atoms with E-state index >= 15 is 0 Å². The second-order valence-electron chi connectivity index (χ2n) is 12.3. The molecule has 0 bridgehead atoms. The Morgan fingerprint density at radius 3 is 2.41 bits per heavy atom. The Labute approximate surface area is 214 Å². The van der Waals surface area contributed by atoms with Gasteiger partial charge in [-0.2, -0.15) is 0 Å². The van der Waals surface area contributed by atoms with Crippen LogP contribution >= 0.6 is 15.9 Å². The molecule has 5 rings (SSSR count). The van der Waals surface area contributed by atoms with E-state index in [1.165, 1.54) is 38.5 Å². The van der Waals surface area contributed by atoms with E-state index in [0.29, 0.717) is 34.6 Å². The van der Waals surface area contributed by atoms with Crippen molar-refractivity contribution >= 4 is 27.7 Å². The molecule has 7 heteroatoms. The van der Waals surface area contributed by atoms with Crippen LogP contribution in [0.3, 0.4) is 0 Å². The monoisotopic (exact) mass is 535 g/mol. The minimum atomic E-state index is -0.0138. The van der Waals surface area contributed by atoms with Crippen LogP contribution in [0.25, 0.3) is 0 Å². The fraction of sp³-hybridized carbons (Fsp3) is 0.926. The highest BCUT2D eigenvalue weighted by molar-refractivity contribution is 9.09. The fourth-order valence-electron chi connectivity index (χ4n) is 8.43. The van der Waals surface area contributed by atoms with Gasteiger partial charge in [0.05, 0.1) is 11.9 Å². The second-order valence-corrected chi connectivity index (χ2v) is 13.5. The molecule has 1 saturated heterocycles. The molecular formula is C27H46BrN5O. The number of amidine groups is 1. The van der Waals surface area contributed by atoms with Crippen LogP contribution in [0.5, 0.6) is 0 Å². The molecule has 0 spiro atoms. The van der Waals surface area contributed by atoms with Gasteiger partial charge in [-0.05, 0) is 101 Å². The Hall–Kier alpha value is -0.660. The average Bonchev–Trinajstić information content (AvgIpc) is 3.20. The summed E-state index contributed by atoms with van der Waals surface area (Å²) in [6.07, 6.45) is 16.1. The predicted molar refractivity (Wildman–Crippen MR) is 141 cm³/mol. The molecule has 8 atom stereocenters. The number of carbonyl (C=O) groups excluding carboxylic acids is 1. The molecule has 34 heavy (non-hydrogen) atoms. The van der Waals surface area contributed by atoms with Crippen LogP contribution in [0.15, 0.2) is 0 Å². The number of rotatable bonds is 5. The molecule has 4 saturated carbocycles. The Kier molecular flexibility index (Phi) is 7.91. The number of nitrogens with zero attached hydrogens (tertiary/aromatic N) is 1. The first-order valence-electron chi connectivity index (χ1n) is 14.2. The first-order chi connectivity index (χ1) is 16.4. The van der Waals surface area contributed by atoms with Gasteiger partial charge in [-0.1, -0.05) is 28.8 Å². The Morgan fingerprint density at radius 1 is 0.941 bits per heavy atom. The van der Waals surface area contributed by atoms with Crippen LogP contribution in [0, 0.1) is 35.0 Å². The zero-order chi connectivity index (χ0) is 23.8. The van der Waals surface area contributed by atoms with Crippen LogP contribution in [-0.4, -0.2) is 52.2 Å². The lowest BCUT2D eigenvalue weighted by Crippen LogP contribution is -2.53. The third-order valence-corrected chi connectivity index (χ3v) is 11.5. The van der Waals surface area contributed by atoms with Gasteiger partial charge < -0.3 is 16.8 Å². The SMILES string of the molecule is N=C(N)C1CCC2CC(C(=O)NC3CCC(N)CC3)N(CC3CCC(Br)C4CCCCC34)C2C1. The number of alkyl halides is 1. The maximum Gasteiger partial charge on any atom is 0.237 e. The average molecular weight is 537 g/mol. The molecule has 1 heterocycles. The summed E-state index contributed by atoms with van der Waals surface area (Å²) in [5, 5.41) is 11.5. The molecule has 192 valence electrons. The molecule has 0 aromatic rings. The number of hydrogen-bond acceptors (Lipinski definition) is 4. The Bertz CT molecular complexity index is 741. The lowest BCUT2D eigenvalue weighted by atomic mass is 9.65. The number of likely N-dealkylation sites (tertiary alicyclic amines) is 1. The molecule has 1 amide bonds. The van der Waals surface area contributed by atoms with Crippen LogP contribution in [0.1, 0.15) is 89.9 Å². The summed E-state index contributed by atoms with van der Waals surface area (Å²) in [4.78, 5) is 17.0. The molecule has 6 N–H and O–H groups in total. The van der Waals surface area contributed by atoms with Crippen molar-refractivity contribution in [3.05, 3.63) is 0 Å². The van der Waals surface area contributed by atoms with Gasteiger partial charge in [0.1, 0.15) is 0 Å². The normalized spacial score (nSPS) is 45.2. The highest BCUT2D eigenvalue weighted by Crippen LogP contribution is 2.49. The van der Waals surface area contributed by atoms with Crippen LogP contribution in [0.4, 0.5) is 0 Å². The van der Waals surface area contributed by atoms with Crippen LogP contribution in [0.2, 0.25) is 0 Å². The summed E-state index contributed by atoms with van der Waals surface area (Å²) >= 11 is 4.02. The van der Waals surface area contributed by atoms with Crippen molar-refractivity contribution in [2.24, 2.45) is 41.1 Å². The first-order valence-corrected chi connectivity index (χ1v) is 15.1. The smallest absolute Gasteiger partial charge is 0.237 e. The zero-order valence-corrected chi connectivity index (χ0v) is 22.4. The molecule has 0 aromatic heterocycles. The number of amides is 1. The van der Waals surface area contributed by atoms with Gasteiger partial charge in [0, 0.05) is 35.4 Å². The summed E-state index contributed by atoms with van der Waals surface area (Å²) in [7, 11) is 0. The molecule has 5 aliphatic rings. The summed E-state index contributed by atoms with van der Waals surface area (Å²) in [5.74, 6) is 3.65. The summed E-state index contributed by atoms with van der Waals surface area (Å²) in [6, 6.07) is 0.978. The molecule has 6 nitrogen and oxygen atoms in total. The fourth-order valence-corrected chi connectivity index (χ4v) is 9.35. The Balaban J connectivity index is 1.32. The van der Waals surface area contributed by atoms with E-state index in [2.05, 4.69) is 26.1 Å². The van der Waals surface area contributed by atoms with Gasteiger partial charge in [-0.25, -0.2) is 0 Å².